The van der Waals surface area contributed by atoms with Gasteiger partial charge in [-0.25, -0.2) is 4.79 Å². The molecule has 1 aromatic heterocycles. The molecule has 0 aliphatic carbocycles. The van der Waals surface area contributed by atoms with E-state index in [1.165, 1.54) is 0 Å². The van der Waals surface area contributed by atoms with Gasteiger partial charge in [0.2, 0.25) is 0 Å². The van der Waals surface area contributed by atoms with Crippen molar-refractivity contribution in [3.05, 3.63) is 24.0 Å². The Labute approximate surface area is 63.6 Å². The standard InChI is InChI=1S/C6H8N4O/c7-6(11)8-3-5-1-2-9-10-4-5/h1-2,4H,3H2,(H3,7,8,11). The van der Waals surface area contributed by atoms with Crippen molar-refractivity contribution in [2.75, 3.05) is 0 Å². The lowest BCUT2D eigenvalue weighted by Gasteiger charge is -1.98. The Hall–Kier alpha value is -1.65. The predicted octanol–water partition coefficient (Wildman–Crippen LogP) is -0.355. The summed E-state index contributed by atoms with van der Waals surface area (Å²) in [6.07, 6.45) is 3.12. The summed E-state index contributed by atoms with van der Waals surface area (Å²) in [5.74, 6) is 0. The normalized spacial score (nSPS) is 9.09. The number of primary amides is 1. The Morgan fingerprint density at radius 3 is 3.00 bits per heavy atom. The number of nitrogens with two attached hydrogens (primary N) is 1. The Balaban J connectivity index is 2.45. The van der Waals surface area contributed by atoms with Gasteiger partial charge in [0.05, 0.1) is 6.20 Å². The molecular weight excluding hydrogens is 144 g/mol. The highest BCUT2D eigenvalue weighted by atomic mass is 16.2. The number of aromatic nitrogens is 2. The molecule has 0 fully saturated rings. The summed E-state index contributed by atoms with van der Waals surface area (Å²) in [5.41, 5.74) is 5.73. The van der Waals surface area contributed by atoms with Crippen molar-refractivity contribution in [1.29, 1.82) is 0 Å². The van der Waals surface area contributed by atoms with Crippen LogP contribution in [0.5, 0.6) is 0 Å². The fraction of sp³-hybridized carbons (Fsp3) is 0.167. The maximum Gasteiger partial charge on any atom is 0.312 e. The molecule has 0 aliphatic heterocycles. The molecule has 0 aliphatic rings. The summed E-state index contributed by atoms with van der Waals surface area (Å²) in [6.45, 7) is 0.394. The minimum Gasteiger partial charge on any atom is -0.352 e. The maximum absolute atomic E-state index is 10.2. The first kappa shape index (κ1) is 7.46. The zero-order valence-corrected chi connectivity index (χ0v) is 5.82. The molecule has 2 amide bonds. The molecule has 0 atom stereocenters. The minimum absolute atomic E-state index is 0.394. The van der Waals surface area contributed by atoms with E-state index in [1.807, 2.05) is 0 Å². The van der Waals surface area contributed by atoms with Crippen LogP contribution in [0.3, 0.4) is 0 Å². The van der Waals surface area contributed by atoms with Gasteiger partial charge >= 0.3 is 6.03 Å². The number of carbonyl (C=O) groups excluding carboxylic acids is 1. The van der Waals surface area contributed by atoms with Gasteiger partial charge in [-0.15, -0.1) is 0 Å². The highest BCUT2D eigenvalue weighted by Gasteiger charge is 1.92. The largest absolute Gasteiger partial charge is 0.352 e. The maximum atomic E-state index is 10.2. The SMILES string of the molecule is NC(=O)NCc1ccnnc1. The highest BCUT2D eigenvalue weighted by Crippen LogP contribution is 1.91. The topological polar surface area (TPSA) is 80.9 Å². The first-order valence-corrected chi connectivity index (χ1v) is 3.08. The van der Waals surface area contributed by atoms with Crippen LogP contribution in [-0.2, 0) is 6.54 Å². The van der Waals surface area contributed by atoms with Crippen molar-refractivity contribution >= 4 is 6.03 Å². The Kier molecular flexibility index (Phi) is 2.37. The molecule has 0 aromatic carbocycles. The van der Waals surface area contributed by atoms with E-state index in [-0.39, 0.29) is 0 Å². The first-order chi connectivity index (χ1) is 5.29. The number of hydrogen-bond donors (Lipinski definition) is 2. The van der Waals surface area contributed by atoms with E-state index < -0.39 is 6.03 Å². The number of amides is 2. The monoisotopic (exact) mass is 152 g/mol. The summed E-state index contributed by atoms with van der Waals surface area (Å²) < 4.78 is 0. The van der Waals surface area contributed by atoms with Crippen molar-refractivity contribution < 1.29 is 4.79 Å². The van der Waals surface area contributed by atoms with Gasteiger partial charge in [0.25, 0.3) is 0 Å². The molecule has 5 nitrogen and oxygen atoms in total. The fourth-order valence-electron chi connectivity index (χ4n) is 0.612. The van der Waals surface area contributed by atoms with Gasteiger partial charge in [-0.2, -0.15) is 10.2 Å². The lowest BCUT2D eigenvalue weighted by molar-refractivity contribution is 0.248. The average Bonchev–Trinajstić information content (AvgIpc) is 2.03. The number of rotatable bonds is 2. The second kappa shape index (κ2) is 3.50. The van der Waals surface area contributed by atoms with Crippen molar-refractivity contribution in [2.24, 2.45) is 5.73 Å². The number of hydrogen-bond acceptors (Lipinski definition) is 3. The van der Waals surface area contributed by atoms with E-state index in [2.05, 4.69) is 15.5 Å². The third-order valence-corrected chi connectivity index (χ3v) is 1.11. The number of urea groups is 1. The molecule has 3 N–H and O–H groups in total. The molecule has 0 unspecified atom stereocenters. The van der Waals surface area contributed by atoms with Crippen LogP contribution in [-0.4, -0.2) is 16.2 Å². The van der Waals surface area contributed by atoms with Crippen LogP contribution >= 0.6 is 0 Å². The third kappa shape index (κ3) is 2.61. The average molecular weight is 152 g/mol. The summed E-state index contributed by atoms with van der Waals surface area (Å²) in [4.78, 5) is 10.2. The zero-order valence-electron chi connectivity index (χ0n) is 5.82. The highest BCUT2D eigenvalue weighted by molar-refractivity contribution is 5.71. The van der Waals surface area contributed by atoms with E-state index in [4.69, 9.17) is 5.73 Å². The predicted molar refractivity (Wildman–Crippen MR) is 38.5 cm³/mol. The molecule has 0 saturated carbocycles. The summed E-state index contributed by atoms with van der Waals surface area (Å²) in [6, 6.07) is 1.21. The number of nitrogens with one attached hydrogen (secondary N) is 1. The van der Waals surface area contributed by atoms with Gasteiger partial charge < -0.3 is 11.1 Å². The van der Waals surface area contributed by atoms with E-state index in [0.717, 1.165) is 5.56 Å². The van der Waals surface area contributed by atoms with E-state index in [9.17, 15) is 4.79 Å². The third-order valence-electron chi connectivity index (χ3n) is 1.11. The summed E-state index contributed by atoms with van der Waals surface area (Å²) in [5, 5.41) is 9.63. The quantitative estimate of drug-likeness (QED) is 0.607. The van der Waals surface area contributed by atoms with Gasteiger partial charge in [0.15, 0.2) is 0 Å². The van der Waals surface area contributed by atoms with Gasteiger partial charge in [0, 0.05) is 12.7 Å². The van der Waals surface area contributed by atoms with Crippen molar-refractivity contribution in [3.8, 4) is 0 Å². The molecule has 0 spiro atoms. The molecular formula is C6H8N4O. The fourth-order valence-corrected chi connectivity index (χ4v) is 0.612. The lowest BCUT2D eigenvalue weighted by atomic mass is 10.3. The number of carbonyl (C=O) groups is 1. The Bertz CT molecular complexity index is 236. The molecule has 58 valence electrons. The lowest BCUT2D eigenvalue weighted by Crippen LogP contribution is -2.28. The molecule has 0 bridgehead atoms. The Morgan fingerprint density at radius 2 is 2.45 bits per heavy atom. The molecule has 1 rings (SSSR count). The first-order valence-electron chi connectivity index (χ1n) is 3.08. The molecule has 5 heteroatoms. The molecule has 0 radical (unpaired) electrons. The molecule has 1 heterocycles. The van der Waals surface area contributed by atoms with Crippen LogP contribution in [0.1, 0.15) is 5.56 Å². The second-order valence-corrected chi connectivity index (χ2v) is 1.97. The molecule has 11 heavy (non-hydrogen) atoms. The van der Waals surface area contributed by atoms with Crippen LogP contribution in [0.25, 0.3) is 0 Å². The molecule has 1 aromatic rings. The van der Waals surface area contributed by atoms with E-state index in [1.54, 1.807) is 18.5 Å². The van der Waals surface area contributed by atoms with Gasteiger partial charge in [-0.05, 0) is 11.6 Å². The minimum atomic E-state index is -0.540. The van der Waals surface area contributed by atoms with Crippen molar-refractivity contribution in [1.82, 2.24) is 15.5 Å². The second-order valence-electron chi connectivity index (χ2n) is 1.97. The van der Waals surface area contributed by atoms with Crippen LogP contribution in [0.2, 0.25) is 0 Å². The van der Waals surface area contributed by atoms with E-state index >= 15 is 0 Å². The molecule has 0 saturated heterocycles. The van der Waals surface area contributed by atoms with Crippen LogP contribution < -0.4 is 11.1 Å². The van der Waals surface area contributed by atoms with Gasteiger partial charge in [-0.1, -0.05) is 0 Å². The van der Waals surface area contributed by atoms with Crippen molar-refractivity contribution in [2.45, 2.75) is 6.54 Å². The smallest absolute Gasteiger partial charge is 0.312 e. The number of nitrogens with zero attached hydrogens (tertiary/aromatic N) is 2. The summed E-state index contributed by atoms with van der Waals surface area (Å²) >= 11 is 0. The van der Waals surface area contributed by atoms with Gasteiger partial charge in [0.1, 0.15) is 0 Å². The van der Waals surface area contributed by atoms with Crippen LogP contribution in [0.15, 0.2) is 18.5 Å². The van der Waals surface area contributed by atoms with Gasteiger partial charge in [-0.3, -0.25) is 0 Å². The van der Waals surface area contributed by atoms with E-state index in [0.29, 0.717) is 6.54 Å². The summed E-state index contributed by atoms with van der Waals surface area (Å²) in [7, 11) is 0. The van der Waals surface area contributed by atoms with Crippen molar-refractivity contribution in [3.63, 3.8) is 0 Å². The Morgan fingerprint density at radius 1 is 1.64 bits per heavy atom. The zero-order chi connectivity index (χ0) is 8.10. The van der Waals surface area contributed by atoms with Crippen LogP contribution in [0.4, 0.5) is 4.79 Å². The van der Waals surface area contributed by atoms with Crippen LogP contribution in [0, 0.1) is 0 Å².